The van der Waals surface area contributed by atoms with E-state index >= 15 is 0 Å². The Morgan fingerprint density at radius 1 is 1.33 bits per heavy atom. The third-order valence-corrected chi connectivity index (χ3v) is 3.96. The summed E-state index contributed by atoms with van der Waals surface area (Å²) in [5.41, 5.74) is 0.966. The molecule has 1 aromatic carbocycles. The summed E-state index contributed by atoms with van der Waals surface area (Å²) in [6.07, 6.45) is 2.06. The standard InChI is InChI=1S/C16H22N4O/c1-2-8-17-16-18-14-6-4-3-5-13(14)15(19-16)20-9-7-12(10-20)11-21/h3-6,12,21H,2,7-11H2,1H3,(H,17,18,19). The second-order valence-electron chi connectivity index (χ2n) is 5.60. The van der Waals surface area contributed by atoms with Gasteiger partial charge in [-0.15, -0.1) is 0 Å². The third-order valence-electron chi connectivity index (χ3n) is 3.96. The summed E-state index contributed by atoms with van der Waals surface area (Å²) >= 11 is 0. The number of fused-ring (bicyclic) bond motifs is 1. The Labute approximate surface area is 125 Å². The van der Waals surface area contributed by atoms with Gasteiger partial charge in [0, 0.05) is 37.5 Å². The van der Waals surface area contributed by atoms with Gasteiger partial charge in [-0.1, -0.05) is 19.1 Å². The van der Waals surface area contributed by atoms with Gasteiger partial charge in [0.15, 0.2) is 0 Å². The van der Waals surface area contributed by atoms with Gasteiger partial charge in [-0.25, -0.2) is 4.98 Å². The van der Waals surface area contributed by atoms with Crippen LogP contribution in [0.5, 0.6) is 0 Å². The first-order valence-electron chi connectivity index (χ1n) is 7.68. The highest BCUT2D eigenvalue weighted by Crippen LogP contribution is 2.29. The molecule has 2 aromatic rings. The summed E-state index contributed by atoms with van der Waals surface area (Å²) in [6.45, 7) is 5.06. The summed E-state index contributed by atoms with van der Waals surface area (Å²) in [6, 6.07) is 8.12. The summed E-state index contributed by atoms with van der Waals surface area (Å²) in [5, 5.41) is 13.7. The second-order valence-corrected chi connectivity index (χ2v) is 5.60. The molecule has 21 heavy (non-hydrogen) atoms. The molecular formula is C16H22N4O. The SMILES string of the molecule is CCCNc1nc(N2CCC(CO)C2)c2ccccc2n1. The molecule has 5 nitrogen and oxygen atoms in total. The number of para-hydroxylation sites is 1. The number of aromatic nitrogens is 2. The lowest BCUT2D eigenvalue weighted by molar-refractivity contribution is 0.238. The van der Waals surface area contributed by atoms with Crippen LogP contribution in [0.2, 0.25) is 0 Å². The van der Waals surface area contributed by atoms with Crippen molar-refractivity contribution < 1.29 is 5.11 Å². The van der Waals surface area contributed by atoms with E-state index in [1.165, 1.54) is 0 Å². The van der Waals surface area contributed by atoms with Gasteiger partial charge in [-0.3, -0.25) is 0 Å². The largest absolute Gasteiger partial charge is 0.396 e. The van der Waals surface area contributed by atoms with Gasteiger partial charge >= 0.3 is 0 Å². The van der Waals surface area contributed by atoms with E-state index in [0.29, 0.717) is 11.9 Å². The van der Waals surface area contributed by atoms with Crippen molar-refractivity contribution in [2.24, 2.45) is 5.92 Å². The molecule has 3 rings (SSSR count). The molecule has 0 radical (unpaired) electrons. The average molecular weight is 286 g/mol. The van der Waals surface area contributed by atoms with Crippen molar-refractivity contribution in [1.82, 2.24) is 9.97 Å². The number of hydrogen-bond acceptors (Lipinski definition) is 5. The first-order chi connectivity index (χ1) is 10.3. The van der Waals surface area contributed by atoms with Gasteiger partial charge in [-0.2, -0.15) is 4.98 Å². The Morgan fingerprint density at radius 3 is 2.95 bits per heavy atom. The molecule has 2 heterocycles. The first kappa shape index (κ1) is 14.1. The lowest BCUT2D eigenvalue weighted by Gasteiger charge is -2.20. The van der Waals surface area contributed by atoms with Gasteiger partial charge in [0.1, 0.15) is 5.82 Å². The van der Waals surface area contributed by atoms with Gasteiger partial charge in [0.05, 0.1) is 5.52 Å². The molecule has 1 unspecified atom stereocenters. The quantitative estimate of drug-likeness (QED) is 0.883. The Balaban J connectivity index is 1.98. The van der Waals surface area contributed by atoms with Gasteiger partial charge < -0.3 is 15.3 Å². The highest BCUT2D eigenvalue weighted by atomic mass is 16.3. The molecule has 2 N–H and O–H groups in total. The minimum Gasteiger partial charge on any atom is -0.396 e. The van der Waals surface area contributed by atoms with Gasteiger partial charge in [0.2, 0.25) is 5.95 Å². The highest BCUT2D eigenvalue weighted by molar-refractivity contribution is 5.90. The van der Waals surface area contributed by atoms with E-state index in [0.717, 1.165) is 49.2 Å². The monoisotopic (exact) mass is 286 g/mol. The summed E-state index contributed by atoms with van der Waals surface area (Å²) < 4.78 is 0. The molecule has 0 spiro atoms. The summed E-state index contributed by atoms with van der Waals surface area (Å²) in [5.74, 6) is 2.03. The fraction of sp³-hybridized carbons (Fsp3) is 0.500. The average Bonchev–Trinajstić information content (AvgIpc) is 3.01. The van der Waals surface area contributed by atoms with Gasteiger partial charge in [-0.05, 0) is 25.0 Å². The molecule has 1 fully saturated rings. The zero-order chi connectivity index (χ0) is 14.7. The molecule has 5 heteroatoms. The predicted octanol–water partition coefficient (Wildman–Crippen LogP) is 2.27. The molecule has 112 valence electrons. The maximum absolute atomic E-state index is 9.34. The van der Waals surface area contributed by atoms with Crippen molar-refractivity contribution in [3.63, 3.8) is 0 Å². The van der Waals surface area contributed by atoms with Crippen molar-refractivity contribution in [3.8, 4) is 0 Å². The molecule has 0 bridgehead atoms. The van der Waals surface area contributed by atoms with Crippen molar-refractivity contribution in [2.45, 2.75) is 19.8 Å². The Bertz CT molecular complexity index is 616. The second kappa shape index (κ2) is 6.26. The number of rotatable bonds is 5. The number of aliphatic hydroxyl groups is 1. The van der Waals surface area contributed by atoms with Crippen molar-refractivity contribution in [2.75, 3.05) is 36.5 Å². The first-order valence-corrected chi connectivity index (χ1v) is 7.68. The number of benzene rings is 1. The fourth-order valence-electron chi connectivity index (χ4n) is 2.79. The fourth-order valence-corrected chi connectivity index (χ4v) is 2.79. The van der Waals surface area contributed by atoms with E-state index in [2.05, 4.69) is 28.2 Å². The molecule has 1 atom stereocenters. The molecule has 0 aliphatic carbocycles. The Hall–Kier alpha value is -1.88. The lowest BCUT2D eigenvalue weighted by atomic mass is 10.1. The van der Waals surface area contributed by atoms with Crippen LogP contribution in [0.1, 0.15) is 19.8 Å². The van der Waals surface area contributed by atoms with Crippen LogP contribution in [0.15, 0.2) is 24.3 Å². The van der Waals surface area contributed by atoms with Crippen LogP contribution in [0, 0.1) is 5.92 Å². The highest BCUT2D eigenvalue weighted by Gasteiger charge is 2.24. The summed E-state index contributed by atoms with van der Waals surface area (Å²) in [7, 11) is 0. The number of anilines is 2. The number of nitrogens with zero attached hydrogens (tertiary/aromatic N) is 3. The zero-order valence-electron chi connectivity index (χ0n) is 12.4. The molecule has 0 amide bonds. The molecule has 1 aliphatic heterocycles. The van der Waals surface area contributed by atoms with Crippen LogP contribution in [-0.4, -0.2) is 41.3 Å². The van der Waals surface area contributed by atoms with E-state index < -0.39 is 0 Å². The molecule has 0 saturated carbocycles. The smallest absolute Gasteiger partial charge is 0.225 e. The summed E-state index contributed by atoms with van der Waals surface area (Å²) in [4.78, 5) is 11.6. The molecule has 1 aromatic heterocycles. The van der Waals surface area contributed by atoms with Crippen molar-refractivity contribution in [1.29, 1.82) is 0 Å². The molecule has 1 saturated heterocycles. The predicted molar refractivity (Wildman–Crippen MR) is 85.7 cm³/mol. The van der Waals surface area contributed by atoms with Crippen LogP contribution in [0.25, 0.3) is 10.9 Å². The van der Waals surface area contributed by atoms with E-state index in [9.17, 15) is 5.11 Å². The van der Waals surface area contributed by atoms with Crippen molar-refractivity contribution in [3.05, 3.63) is 24.3 Å². The molecule has 1 aliphatic rings. The number of nitrogens with one attached hydrogen (secondary N) is 1. The minimum absolute atomic E-state index is 0.250. The van der Waals surface area contributed by atoms with Gasteiger partial charge in [0.25, 0.3) is 0 Å². The minimum atomic E-state index is 0.250. The topological polar surface area (TPSA) is 61.3 Å². The Kier molecular flexibility index (Phi) is 4.20. The van der Waals surface area contributed by atoms with Crippen LogP contribution in [0.4, 0.5) is 11.8 Å². The van der Waals surface area contributed by atoms with Crippen LogP contribution in [-0.2, 0) is 0 Å². The lowest BCUT2D eigenvalue weighted by Crippen LogP contribution is -2.22. The number of hydrogen-bond donors (Lipinski definition) is 2. The van der Waals surface area contributed by atoms with Crippen molar-refractivity contribution >= 4 is 22.7 Å². The van der Waals surface area contributed by atoms with Crippen LogP contribution in [0.3, 0.4) is 0 Å². The van der Waals surface area contributed by atoms with E-state index in [1.54, 1.807) is 0 Å². The maximum atomic E-state index is 9.34. The maximum Gasteiger partial charge on any atom is 0.225 e. The van der Waals surface area contributed by atoms with E-state index in [4.69, 9.17) is 4.98 Å². The number of aliphatic hydroxyl groups excluding tert-OH is 1. The third kappa shape index (κ3) is 2.93. The van der Waals surface area contributed by atoms with Crippen LogP contribution >= 0.6 is 0 Å². The zero-order valence-corrected chi connectivity index (χ0v) is 12.4. The van der Waals surface area contributed by atoms with E-state index in [1.807, 2.05) is 18.2 Å². The Morgan fingerprint density at radius 2 is 2.19 bits per heavy atom. The van der Waals surface area contributed by atoms with E-state index in [-0.39, 0.29) is 6.61 Å². The van der Waals surface area contributed by atoms with Crippen LogP contribution < -0.4 is 10.2 Å². The molecular weight excluding hydrogens is 264 g/mol. The normalized spacial score (nSPS) is 18.4.